The molecule has 0 aliphatic rings. The van der Waals surface area contributed by atoms with Crippen molar-refractivity contribution in [1.29, 1.82) is 0 Å². The third-order valence-electron chi connectivity index (χ3n) is 3.87. The van der Waals surface area contributed by atoms with E-state index in [1.54, 1.807) is 15.5 Å². The van der Waals surface area contributed by atoms with Crippen LogP contribution in [0, 0.1) is 13.8 Å². The van der Waals surface area contributed by atoms with Crippen molar-refractivity contribution < 1.29 is 9.53 Å². The Morgan fingerprint density at radius 1 is 1.29 bits per heavy atom. The first-order valence-corrected chi connectivity index (χ1v) is 8.05. The molecule has 0 unspecified atom stereocenters. The Hall–Kier alpha value is -2.81. The summed E-state index contributed by atoms with van der Waals surface area (Å²) < 4.78 is 8.21. The van der Waals surface area contributed by atoms with Crippen LogP contribution in [0.4, 0.5) is 0 Å². The lowest BCUT2D eigenvalue weighted by molar-refractivity contribution is 0.0605. The molecule has 0 aliphatic heterocycles. The molecule has 122 valence electrons. The van der Waals surface area contributed by atoms with E-state index < -0.39 is 0 Å². The minimum Gasteiger partial charge on any atom is -0.465 e. The summed E-state index contributed by atoms with van der Waals surface area (Å²) in [5.41, 5.74) is 3.19. The quantitative estimate of drug-likeness (QED) is 0.519. The van der Waals surface area contributed by atoms with Gasteiger partial charge in [-0.2, -0.15) is 5.10 Å². The second-order valence-electron chi connectivity index (χ2n) is 5.47. The summed E-state index contributed by atoms with van der Waals surface area (Å²) in [6.07, 6.45) is 1.61. The molecule has 0 radical (unpaired) electrons. The normalized spacial score (nSPS) is 11.5. The number of rotatable bonds is 2. The van der Waals surface area contributed by atoms with E-state index in [-0.39, 0.29) is 5.97 Å². The number of hydrogen-bond acceptors (Lipinski definition) is 7. The molecule has 0 aliphatic carbocycles. The number of carbonyl (C=O) groups is 1. The molecule has 0 amide bonds. The van der Waals surface area contributed by atoms with Crippen molar-refractivity contribution in [2.24, 2.45) is 7.05 Å². The van der Waals surface area contributed by atoms with E-state index in [2.05, 4.69) is 20.2 Å². The summed E-state index contributed by atoms with van der Waals surface area (Å²) in [6, 6.07) is 1.93. The Labute approximate surface area is 140 Å². The number of thiophene rings is 1. The molecule has 4 heterocycles. The average molecular weight is 342 g/mol. The maximum Gasteiger partial charge on any atom is 0.348 e. The van der Waals surface area contributed by atoms with Gasteiger partial charge in [-0.05, 0) is 25.5 Å². The lowest BCUT2D eigenvalue weighted by atomic mass is 10.2. The van der Waals surface area contributed by atoms with Gasteiger partial charge >= 0.3 is 5.97 Å². The van der Waals surface area contributed by atoms with Gasteiger partial charge in [0.05, 0.1) is 18.2 Å². The molecule has 0 fully saturated rings. The molecule has 0 aromatic carbocycles. The molecule has 24 heavy (non-hydrogen) atoms. The second-order valence-corrected chi connectivity index (χ2v) is 6.47. The number of carbonyl (C=O) groups excluding carboxylic acids is 1. The van der Waals surface area contributed by atoms with E-state index in [0.29, 0.717) is 16.3 Å². The van der Waals surface area contributed by atoms with Crippen LogP contribution in [0.3, 0.4) is 0 Å². The van der Waals surface area contributed by atoms with Gasteiger partial charge in [-0.1, -0.05) is 0 Å². The fraction of sp³-hybridized carbons (Fsp3) is 0.267. The van der Waals surface area contributed by atoms with Gasteiger partial charge in [-0.15, -0.1) is 16.4 Å². The highest BCUT2D eigenvalue weighted by Gasteiger charge is 2.21. The first-order valence-electron chi connectivity index (χ1n) is 7.23. The van der Waals surface area contributed by atoms with Crippen molar-refractivity contribution in [1.82, 2.24) is 29.4 Å². The predicted molar refractivity (Wildman–Crippen MR) is 89.2 cm³/mol. The van der Waals surface area contributed by atoms with Crippen LogP contribution >= 0.6 is 11.3 Å². The number of aromatic nitrogens is 6. The summed E-state index contributed by atoms with van der Waals surface area (Å²) >= 11 is 1.30. The van der Waals surface area contributed by atoms with Gasteiger partial charge in [0.25, 0.3) is 0 Å². The predicted octanol–water partition coefficient (Wildman–Crippen LogP) is 2.14. The van der Waals surface area contributed by atoms with Crippen LogP contribution in [-0.4, -0.2) is 42.4 Å². The maximum absolute atomic E-state index is 11.9. The van der Waals surface area contributed by atoms with Crippen molar-refractivity contribution in [3.05, 3.63) is 28.5 Å². The summed E-state index contributed by atoms with van der Waals surface area (Å²) in [6.45, 7) is 3.79. The zero-order valence-electron chi connectivity index (χ0n) is 13.6. The summed E-state index contributed by atoms with van der Waals surface area (Å²) in [5.74, 6) is 0.202. The smallest absolute Gasteiger partial charge is 0.348 e. The van der Waals surface area contributed by atoms with E-state index in [0.717, 1.165) is 27.2 Å². The minimum atomic E-state index is -0.365. The van der Waals surface area contributed by atoms with E-state index in [1.807, 2.05) is 27.0 Å². The fourth-order valence-electron chi connectivity index (χ4n) is 2.75. The van der Waals surface area contributed by atoms with Crippen LogP contribution in [0.25, 0.3) is 27.4 Å². The van der Waals surface area contributed by atoms with E-state index in [4.69, 9.17) is 4.74 Å². The van der Waals surface area contributed by atoms with Crippen LogP contribution in [0.1, 0.15) is 20.9 Å². The summed E-state index contributed by atoms with van der Waals surface area (Å²) in [7, 11) is 3.22. The fourth-order valence-corrected chi connectivity index (χ4v) is 3.81. The Morgan fingerprint density at radius 3 is 2.75 bits per heavy atom. The highest BCUT2D eigenvalue weighted by atomic mass is 32.1. The van der Waals surface area contributed by atoms with Gasteiger partial charge in [0.2, 0.25) is 0 Å². The van der Waals surface area contributed by atoms with Crippen LogP contribution in [-0.2, 0) is 11.8 Å². The second kappa shape index (κ2) is 5.10. The molecule has 0 atom stereocenters. The summed E-state index contributed by atoms with van der Waals surface area (Å²) in [4.78, 5) is 22.2. The topological polar surface area (TPSA) is 87.2 Å². The third kappa shape index (κ3) is 2.01. The Balaban J connectivity index is 2.00. The molecule has 4 aromatic heterocycles. The van der Waals surface area contributed by atoms with E-state index >= 15 is 0 Å². The molecule has 0 bridgehead atoms. The van der Waals surface area contributed by atoms with Gasteiger partial charge < -0.3 is 4.74 Å². The van der Waals surface area contributed by atoms with Crippen molar-refractivity contribution in [3.8, 4) is 11.5 Å². The van der Waals surface area contributed by atoms with Crippen molar-refractivity contribution >= 4 is 33.2 Å². The van der Waals surface area contributed by atoms with Gasteiger partial charge in [-0.3, -0.25) is 4.68 Å². The number of ether oxygens (including phenoxy) is 1. The lowest BCUT2D eigenvalue weighted by Gasteiger charge is -1.96. The van der Waals surface area contributed by atoms with Crippen LogP contribution in [0.15, 0.2) is 12.4 Å². The Morgan fingerprint density at radius 2 is 2.08 bits per heavy atom. The molecular weight excluding hydrogens is 328 g/mol. The molecule has 8 nitrogen and oxygen atoms in total. The summed E-state index contributed by atoms with van der Waals surface area (Å²) in [5, 5.41) is 9.64. The van der Waals surface area contributed by atoms with Crippen molar-refractivity contribution in [3.63, 3.8) is 0 Å². The van der Waals surface area contributed by atoms with Crippen molar-refractivity contribution in [2.45, 2.75) is 13.8 Å². The molecule has 9 heteroatoms. The molecule has 4 rings (SSSR count). The Kier molecular flexibility index (Phi) is 3.14. The minimum absolute atomic E-state index is 0.365. The monoisotopic (exact) mass is 342 g/mol. The van der Waals surface area contributed by atoms with Gasteiger partial charge in [0, 0.05) is 7.05 Å². The first-order chi connectivity index (χ1) is 11.5. The molecule has 0 saturated heterocycles. The Bertz CT molecular complexity index is 1110. The first kappa shape index (κ1) is 14.8. The largest absolute Gasteiger partial charge is 0.465 e. The van der Waals surface area contributed by atoms with E-state index in [9.17, 15) is 4.79 Å². The molecule has 0 saturated carbocycles. The van der Waals surface area contributed by atoms with Crippen LogP contribution < -0.4 is 0 Å². The van der Waals surface area contributed by atoms with Crippen LogP contribution in [0.2, 0.25) is 0 Å². The third-order valence-corrected chi connectivity index (χ3v) is 5.05. The molecular formula is C15H14N6O2S. The number of aryl methyl sites for hydroxylation is 3. The highest BCUT2D eigenvalue weighted by molar-refractivity contribution is 7.20. The number of hydrogen-bond donors (Lipinski definition) is 0. The van der Waals surface area contributed by atoms with Crippen LogP contribution in [0.5, 0.6) is 0 Å². The molecule has 0 spiro atoms. The van der Waals surface area contributed by atoms with Gasteiger partial charge in [-0.25, -0.2) is 19.3 Å². The zero-order chi connectivity index (χ0) is 17.0. The maximum atomic E-state index is 11.9. The molecule has 4 aromatic rings. The number of nitrogens with zero attached hydrogens (tertiary/aromatic N) is 6. The van der Waals surface area contributed by atoms with Gasteiger partial charge in [0.1, 0.15) is 21.7 Å². The lowest BCUT2D eigenvalue weighted by Crippen LogP contribution is -1.99. The van der Waals surface area contributed by atoms with Crippen molar-refractivity contribution in [2.75, 3.05) is 7.11 Å². The zero-order valence-corrected chi connectivity index (χ0v) is 14.4. The molecule has 0 N–H and O–H groups in total. The number of esters is 1. The standard InChI is InChI=1S/C15H14N6O2S/c1-7-5-9(20(3)18-7)12-17-13-10-8(2)11(15(22)23-4)24-14(10)16-6-21(13)19-12/h5-6H,1-4H3. The number of methoxy groups -OCH3 is 1. The van der Waals surface area contributed by atoms with E-state index in [1.165, 1.54) is 18.4 Å². The number of fused-ring (bicyclic) bond motifs is 3. The van der Waals surface area contributed by atoms with Gasteiger partial charge in [0.15, 0.2) is 11.5 Å². The average Bonchev–Trinajstić information content (AvgIpc) is 3.21. The SMILES string of the molecule is COC(=O)c1sc2ncn3nc(-c4cc(C)nn4C)nc3c2c1C. The highest BCUT2D eigenvalue weighted by Crippen LogP contribution is 2.32.